The minimum absolute atomic E-state index is 0.341. The predicted molar refractivity (Wildman–Crippen MR) is 108 cm³/mol. The second-order valence-electron chi connectivity index (χ2n) is 7.05. The summed E-state index contributed by atoms with van der Waals surface area (Å²) in [6.45, 7) is 4.15. The number of likely N-dealkylation sites (tertiary alicyclic amines) is 1. The third-order valence-corrected chi connectivity index (χ3v) is 5.03. The number of aryl methyl sites for hydroxylation is 1. The first kappa shape index (κ1) is 17.6. The second-order valence-corrected chi connectivity index (χ2v) is 7.05. The lowest BCUT2D eigenvalue weighted by Gasteiger charge is -2.24. The highest BCUT2D eigenvalue weighted by molar-refractivity contribution is 5.50. The molecule has 0 aliphatic carbocycles. The van der Waals surface area contributed by atoms with E-state index in [4.69, 9.17) is 4.98 Å². The van der Waals surface area contributed by atoms with Crippen LogP contribution in [0.4, 0.5) is 11.6 Å². The van der Waals surface area contributed by atoms with E-state index in [1.54, 1.807) is 6.20 Å². The average molecular weight is 359 g/mol. The number of pyridine rings is 1. The van der Waals surface area contributed by atoms with E-state index in [2.05, 4.69) is 50.5 Å². The van der Waals surface area contributed by atoms with Gasteiger partial charge in [0.2, 0.25) is 0 Å². The van der Waals surface area contributed by atoms with Gasteiger partial charge in [-0.3, -0.25) is 9.88 Å². The molecule has 1 N–H and O–H groups in total. The molecule has 1 fully saturated rings. The van der Waals surface area contributed by atoms with Crippen molar-refractivity contribution in [1.29, 1.82) is 0 Å². The third-order valence-electron chi connectivity index (χ3n) is 5.03. The van der Waals surface area contributed by atoms with Gasteiger partial charge < -0.3 is 5.32 Å². The minimum atomic E-state index is 0.341. The highest BCUT2D eigenvalue weighted by atomic mass is 15.2. The van der Waals surface area contributed by atoms with Crippen LogP contribution in [0.2, 0.25) is 0 Å². The Morgan fingerprint density at radius 1 is 1.00 bits per heavy atom. The van der Waals surface area contributed by atoms with Crippen molar-refractivity contribution in [2.24, 2.45) is 0 Å². The first-order valence-corrected chi connectivity index (χ1v) is 9.58. The molecule has 138 valence electrons. The molecule has 0 spiro atoms. The first-order valence-electron chi connectivity index (χ1n) is 9.58. The van der Waals surface area contributed by atoms with Crippen molar-refractivity contribution in [3.8, 4) is 0 Å². The zero-order valence-corrected chi connectivity index (χ0v) is 15.7. The molecule has 2 aromatic heterocycles. The number of hydrogen-bond acceptors (Lipinski definition) is 5. The zero-order valence-electron chi connectivity index (χ0n) is 15.7. The summed E-state index contributed by atoms with van der Waals surface area (Å²) in [5, 5.41) is 3.28. The Balaban J connectivity index is 1.45. The summed E-state index contributed by atoms with van der Waals surface area (Å²) >= 11 is 0. The van der Waals surface area contributed by atoms with Gasteiger partial charge in [-0.15, -0.1) is 0 Å². The fourth-order valence-electron chi connectivity index (χ4n) is 3.69. The highest BCUT2D eigenvalue weighted by Gasteiger charge is 2.27. The fraction of sp³-hybridized carbons (Fsp3) is 0.318. The van der Waals surface area contributed by atoms with Crippen molar-refractivity contribution in [3.05, 3.63) is 77.9 Å². The maximum Gasteiger partial charge on any atom is 0.150 e. The van der Waals surface area contributed by atoms with Gasteiger partial charge in [0.05, 0.1) is 24.1 Å². The summed E-state index contributed by atoms with van der Waals surface area (Å²) in [6.07, 6.45) is 7.07. The van der Waals surface area contributed by atoms with Crippen LogP contribution < -0.4 is 5.32 Å². The number of nitrogens with one attached hydrogen (secondary N) is 1. The molecule has 0 unspecified atom stereocenters. The molecular formula is C22H25N5. The van der Waals surface area contributed by atoms with Crippen molar-refractivity contribution in [2.45, 2.75) is 32.2 Å². The largest absolute Gasteiger partial charge is 0.324 e. The van der Waals surface area contributed by atoms with Gasteiger partial charge in [-0.05, 0) is 50.4 Å². The van der Waals surface area contributed by atoms with Crippen molar-refractivity contribution in [3.63, 3.8) is 0 Å². The maximum absolute atomic E-state index is 4.83. The van der Waals surface area contributed by atoms with Gasteiger partial charge in [0.1, 0.15) is 11.6 Å². The number of rotatable bonds is 6. The minimum Gasteiger partial charge on any atom is -0.324 e. The van der Waals surface area contributed by atoms with Crippen molar-refractivity contribution >= 4 is 11.6 Å². The molecule has 5 heteroatoms. The number of aromatic nitrogens is 3. The van der Waals surface area contributed by atoms with E-state index < -0.39 is 0 Å². The summed E-state index contributed by atoms with van der Waals surface area (Å²) < 4.78 is 0. The summed E-state index contributed by atoms with van der Waals surface area (Å²) in [6, 6.07) is 16.9. The number of hydrogen-bond donors (Lipinski definition) is 1. The van der Waals surface area contributed by atoms with Crippen LogP contribution in [0.3, 0.4) is 0 Å². The lowest BCUT2D eigenvalue weighted by molar-refractivity contribution is 0.256. The summed E-state index contributed by atoms with van der Waals surface area (Å²) in [5.41, 5.74) is 3.40. The van der Waals surface area contributed by atoms with Crippen molar-refractivity contribution < 1.29 is 0 Å². The molecule has 0 saturated carbocycles. The molecule has 5 nitrogen and oxygen atoms in total. The Labute approximate surface area is 160 Å². The van der Waals surface area contributed by atoms with E-state index in [9.17, 15) is 0 Å². The van der Waals surface area contributed by atoms with Gasteiger partial charge in [0, 0.05) is 12.2 Å². The molecule has 1 saturated heterocycles. The van der Waals surface area contributed by atoms with Crippen LogP contribution in [0.15, 0.2) is 60.9 Å². The molecule has 1 aliphatic heterocycles. The Hall–Kier alpha value is -2.79. The molecule has 4 rings (SSSR count). The van der Waals surface area contributed by atoms with E-state index >= 15 is 0 Å². The topological polar surface area (TPSA) is 53.9 Å². The van der Waals surface area contributed by atoms with Crippen molar-refractivity contribution in [2.75, 3.05) is 18.4 Å². The quantitative estimate of drug-likeness (QED) is 0.711. The van der Waals surface area contributed by atoms with Crippen LogP contribution in [-0.2, 0) is 6.42 Å². The van der Waals surface area contributed by atoms with E-state index in [1.807, 2.05) is 31.3 Å². The van der Waals surface area contributed by atoms with Crippen LogP contribution in [0.5, 0.6) is 0 Å². The zero-order chi connectivity index (χ0) is 18.5. The summed E-state index contributed by atoms with van der Waals surface area (Å²) in [5.74, 6) is 1.55. The number of nitrogens with zero attached hydrogens (tertiary/aromatic N) is 4. The number of anilines is 2. The standard InChI is InChI=1S/C22H25N5/c1-17-7-5-11-21(24-17)26-22-16-23-15-19(25-22)20-10-6-13-27(20)14-12-18-8-3-2-4-9-18/h2-5,7-9,11,15-16,20H,6,10,12-14H2,1H3,(H,24,25,26)/t20-/m1/s1. The normalized spacial score (nSPS) is 17.1. The molecule has 1 aromatic carbocycles. The van der Waals surface area contributed by atoms with E-state index in [1.165, 1.54) is 12.0 Å². The third kappa shape index (κ3) is 4.49. The first-order chi connectivity index (χ1) is 13.3. The lowest BCUT2D eigenvalue weighted by atomic mass is 10.1. The monoisotopic (exact) mass is 359 g/mol. The van der Waals surface area contributed by atoms with Crippen LogP contribution in [0, 0.1) is 6.92 Å². The maximum atomic E-state index is 4.83. The van der Waals surface area contributed by atoms with Crippen LogP contribution >= 0.6 is 0 Å². The molecule has 1 aliphatic rings. The second kappa shape index (κ2) is 8.27. The molecule has 1 atom stereocenters. The van der Waals surface area contributed by atoms with E-state index in [0.29, 0.717) is 6.04 Å². The lowest BCUT2D eigenvalue weighted by Crippen LogP contribution is -2.26. The van der Waals surface area contributed by atoms with Gasteiger partial charge in [-0.2, -0.15) is 0 Å². The molecule has 0 amide bonds. The molecule has 0 bridgehead atoms. The van der Waals surface area contributed by atoms with Gasteiger partial charge >= 0.3 is 0 Å². The molecule has 3 heterocycles. The van der Waals surface area contributed by atoms with Gasteiger partial charge in [0.25, 0.3) is 0 Å². The van der Waals surface area contributed by atoms with Crippen LogP contribution in [0.1, 0.15) is 35.8 Å². The van der Waals surface area contributed by atoms with E-state index in [0.717, 1.165) is 49.0 Å². The van der Waals surface area contributed by atoms with Crippen molar-refractivity contribution in [1.82, 2.24) is 19.9 Å². The van der Waals surface area contributed by atoms with Gasteiger partial charge in [-0.1, -0.05) is 36.4 Å². The van der Waals surface area contributed by atoms with E-state index in [-0.39, 0.29) is 0 Å². The van der Waals surface area contributed by atoms with Crippen LogP contribution in [0.25, 0.3) is 0 Å². The van der Waals surface area contributed by atoms with Gasteiger partial charge in [-0.25, -0.2) is 9.97 Å². The Morgan fingerprint density at radius 2 is 1.89 bits per heavy atom. The van der Waals surface area contributed by atoms with Crippen LogP contribution in [-0.4, -0.2) is 32.9 Å². The van der Waals surface area contributed by atoms with Gasteiger partial charge in [0.15, 0.2) is 0 Å². The average Bonchev–Trinajstić information content (AvgIpc) is 3.16. The Morgan fingerprint density at radius 3 is 2.74 bits per heavy atom. The molecule has 0 radical (unpaired) electrons. The molecule has 3 aromatic rings. The highest BCUT2D eigenvalue weighted by Crippen LogP contribution is 2.31. The fourth-order valence-corrected chi connectivity index (χ4v) is 3.69. The molecule has 27 heavy (non-hydrogen) atoms. The Kier molecular flexibility index (Phi) is 5.39. The Bertz CT molecular complexity index is 881. The number of benzene rings is 1. The molecular weight excluding hydrogens is 334 g/mol. The SMILES string of the molecule is Cc1cccc(Nc2cncc([C@H]3CCCN3CCc3ccccc3)n2)n1. The summed E-state index contributed by atoms with van der Waals surface area (Å²) in [7, 11) is 0. The smallest absolute Gasteiger partial charge is 0.150 e. The predicted octanol–water partition coefficient (Wildman–Crippen LogP) is 4.30. The summed E-state index contributed by atoms with van der Waals surface area (Å²) in [4.78, 5) is 16.3.